The van der Waals surface area contributed by atoms with Crippen LogP contribution in [0.15, 0.2) is 36.4 Å². The summed E-state index contributed by atoms with van der Waals surface area (Å²) in [6, 6.07) is 12.9. The fourth-order valence-electron chi connectivity index (χ4n) is 2.32. The Kier molecular flexibility index (Phi) is 5.14. The van der Waals surface area contributed by atoms with Crippen molar-refractivity contribution in [1.29, 1.82) is 0 Å². The average Bonchev–Trinajstić information content (AvgIpc) is 2.69. The van der Waals surface area contributed by atoms with Gasteiger partial charge in [0, 0.05) is 35.9 Å². The number of nitrogens with zero attached hydrogens (tertiary/aromatic N) is 1. The molecular weight excluding hydrogens is 252 g/mol. The maximum absolute atomic E-state index is 5.74. The Morgan fingerprint density at radius 1 is 1.11 bits per heavy atom. The molecule has 1 aromatic carbocycles. The average molecular weight is 274 g/mol. The van der Waals surface area contributed by atoms with E-state index in [2.05, 4.69) is 55.1 Å². The molecule has 102 valence electrons. The summed E-state index contributed by atoms with van der Waals surface area (Å²) in [4.78, 5) is 5.23. The second-order valence-electron chi connectivity index (χ2n) is 4.92. The molecule has 0 amide bonds. The van der Waals surface area contributed by atoms with Gasteiger partial charge in [0.25, 0.3) is 0 Å². The summed E-state index contributed by atoms with van der Waals surface area (Å²) in [5, 5.41) is 0. The fraction of sp³-hybridized carbons (Fsp3) is 0.375. The summed E-state index contributed by atoms with van der Waals surface area (Å²) >= 11 is 1.88. The van der Waals surface area contributed by atoms with Crippen molar-refractivity contribution in [3.8, 4) is 0 Å². The van der Waals surface area contributed by atoms with Crippen molar-refractivity contribution in [1.82, 2.24) is 4.90 Å². The van der Waals surface area contributed by atoms with Crippen LogP contribution in [0.5, 0.6) is 0 Å². The molecule has 0 saturated heterocycles. The van der Waals surface area contributed by atoms with Gasteiger partial charge in [-0.05, 0) is 31.0 Å². The molecule has 0 fully saturated rings. The highest BCUT2D eigenvalue weighted by atomic mass is 32.1. The molecule has 0 unspecified atom stereocenters. The van der Waals surface area contributed by atoms with Crippen molar-refractivity contribution in [2.75, 3.05) is 13.1 Å². The number of rotatable bonds is 6. The summed E-state index contributed by atoms with van der Waals surface area (Å²) in [5.41, 5.74) is 8.53. The number of hydrogen-bond donors (Lipinski definition) is 1. The van der Waals surface area contributed by atoms with E-state index in [0.29, 0.717) is 6.54 Å². The van der Waals surface area contributed by atoms with Gasteiger partial charge in [0.2, 0.25) is 0 Å². The summed E-state index contributed by atoms with van der Waals surface area (Å²) < 4.78 is 0. The zero-order chi connectivity index (χ0) is 13.7. The third kappa shape index (κ3) is 4.16. The monoisotopic (exact) mass is 274 g/mol. The van der Waals surface area contributed by atoms with Crippen molar-refractivity contribution < 1.29 is 0 Å². The number of aryl methyl sites for hydroxylation is 2. The second-order valence-corrected chi connectivity index (χ2v) is 6.38. The molecule has 0 bridgehead atoms. The van der Waals surface area contributed by atoms with Crippen LogP contribution in [0, 0.1) is 13.8 Å². The molecule has 1 heterocycles. The smallest absolute Gasteiger partial charge is 0.0248 e. The maximum Gasteiger partial charge on any atom is 0.0248 e. The maximum atomic E-state index is 5.74. The summed E-state index contributed by atoms with van der Waals surface area (Å²) in [5.74, 6) is 0. The lowest BCUT2D eigenvalue weighted by atomic mass is 10.2. The van der Waals surface area contributed by atoms with E-state index in [9.17, 15) is 0 Å². The summed E-state index contributed by atoms with van der Waals surface area (Å²) in [7, 11) is 0. The quantitative estimate of drug-likeness (QED) is 0.875. The molecule has 0 aliphatic rings. The standard InChI is InChI=1S/C16H22N2S/c1-13-10-16(14(2)19-13)12-18(9-8-17)11-15-6-4-3-5-7-15/h3-7,10H,8-9,11-12,17H2,1-2H3. The molecule has 19 heavy (non-hydrogen) atoms. The zero-order valence-corrected chi connectivity index (χ0v) is 12.5. The lowest BCUT2D eigenvalue weighted by molar-refractivity contribution is 0.264. The Balaban J connectivity index is 2.06. The number of hydrogen-bond acceptors (Lipinski definition) is 3. The Morgan fingerprint density at radius 2 is 1.84 bits per heavy atom. The van der Waals surface area contributed by atoms with Crippen molar-refractivity contribution in [3.63, 3.8) is 0 Å². The van der Waals surface area contributed by atoms with Gasteiger partial charge in [-0.3, -0.25) is 4.90 Å². The first kappa shape index (κ1) is 14.3. The van der Waals surface area contributed by atoms with Gasteiger partial charge in [0.15, 0.2) is 0 Å². The van der Waals surface area contributed by atoms with E-state index in [1.54, 1.807) is 0 Å². The Morgan fingerprint density at radius 3 is 2.42 bits per heavy atom. The highest BCUT2D eigenvalue weighted by Crippen LogP contribution is 2.22. The van der Waals surface area contributed by atoms with E-state index in [-0.39, 0.29) is 0 Å². The predicted octanol–water partition coefficient (Wildman–Crippen LogP) is 3.33. The number of thiophene rings is 1. The molecule has 0 aliphatic carbocycles. The molecule has 0 atom stereocenters. The third-order valence-electron chi connectivity index (χ3n) is 3.23. The molecule has 0 radical (unpaired) electrons. The van der Waals surface area contributed by atoms with E-state index in [1.165, 1.54) is 20.9 Å². The van der Waals surface area contributed by atoms with Gasteiger partial charge in [-0.2, -0.15) is 0 Å². The topological polar surface area (TPSA) is 29.3 Å². The van der Waals surface area contributed by atoms with Gasteiger partial charge in [-0.1, -0.05) is 30.3 Å². The fourth-order valence-corrected chi connectivity index (χ4v) is 3.26. The van der Waals surface area contributed by atoms with Gasteiger partial charge in [-0.15, -0.1) is 11.3 Å². The van der Waals surface area contributed by atoms with Crippen LogP contribution in [-0.4, -0.2) is 18.0 Å². The van der Waals surface area contributed by atoms with Crippen LogP contribution in [0.1, 0.15) is 20.9 Å². The third-order valence-corrected chi connectivity index (χ3v) is 4.24. The van der Waals surface area contributed by atoms with Crippen molar-refractivity contribution >= 4 is 11.3 Å². The molecule has 0 aliphatic heterocycles. The SMILES string of the molecule is Cc1cc(CN(CCN)Cc2ccccc2)c(C)s1. The van der Waals surface area contributed by atoms with Crippen LogP contribution in [0.2, 0.25) is 0 Å². The van der Waals surface area contributed by atoms with Crippen LogP contribution in [-0.2, 0) is 13.1 Å². The van der Waals surface area contributed by atoms with Crippen LogP contribution in [0.4, 0.5) is 0 Å². The highest BCUT2D eigenvalue weighted by molar-refractivity contribution is 7.12. The summed E-state index contributed by atoms with van der Waals surface area (Å²) in [6.45, 7) is 7.97. The van der Waals surface area contributed by atoms with E-state index < -0.39 is 0 Å². The number of benzene rings is 1. The molecule has 1 aromatic heterocycles. The lowest BCUT2D eigenvalue weighted by Crippen LogP contribution is -2.28. The Bertz CT molecular complexity index is 505. The van der Waals surface area contributed by atoms with E-state index in [0.717, 1.165) is 19.6 Å². The van der Waals surface area contributed by atoms with Crippen LogP contribution < -0.4 is 5.73 Å². The van der Waals surface area contributed by atoms with Gasteiger partial charge < -0.3 is 5.73 Å². The van der Waals surface area contributed by atoms with Gasteiger partial charge in [0.1, 0.15) is 0 Å². The minimum Gasteiger partial charge on any atom is -0.329 e. The molecule has 3 heteroatoms. The molecule has 0 saturated carbocycles. The van der Waals surface area contributed by atoms with Gasteiger partial charge in [-0.25, -0.2) is 0 Å². The molecular formula is C16H22N2S. The first-order valence-electron chi connectivity index (χ1n) is 6.71. The normalized spacial score (nSPS) is 11.2. The van der Waals surface area contributed by atoms with Gasteiger partial charge >= 0.3 is 0 Å². The largest absolute Gasteiger partial charge is 0.329 e. The highest BCUT2D eigenvalue weighted by Gasteiger charge is 2.09. The second kappa shape index (κ2) is 6.85. The van der Waals surface area contributed by atoms with Crippen molar-refractivity contribution in [2.24, 2.45) is 5.73 Å². The van der Waals surface area contributed by atoms with Crippen molar-refractivity contribution in [2.45, 2.75) is 26.9 Å². The first-order valence-corrected chi connectivity index (χ1v) is 7.53. The minimum atomic E-state index is 0.703. The van der Waals surface area contributed by atoms with Crippen LogP contribution in [0.3, 0.4) is 0 Å². The van der Waals surface area contributed by atoms with E-state index in [4.69, 9.17) is 5.73 Å². The minimum absolute atomic E-state index is 0.703. The van der Waals surface area contributed by atoms with Crippen molar-refractivity contribution in [3.05, 3.63) is 57.3 Å². The predicted molar refractivity (Wildman–Crippen MR) is 83.4 cm³/mol. The Hall–Kier alpha value is -1.16. The Labute approximate surface area is 119 Å². The van der Waals surface area contributed by atoms with Gasteiger partial charge in [0.05, 0.1) is 0 Å². The van der Waals surface area contributed by atoms with Crippen LogP contribution in [0.25, 0.3) is 0 Å². The number of nitrogens with two attached hydrogens (primary N) is 1. The zero-order valence-electron chi connectivity index (χ0n) is 11.7. The van der Waals surface area contributed by atoms with E-state index in [1.807, 2.05) is 11.3 Å². The molecule has 2 nitrogen and oxygen atoms in total. The molecule has 2 N–H and O–H groups in total. The summed E-state index contributed by atoms with van der Waals surface area (Å²) in [6.07, 6.45) is 0. The lowest BCUT2D eigenvalue weighted by Gasteiger charge is -2.21. The van der Waals surface area contributed by atoms with Crippen LogP contribution >= 0.6 is 11.3 Å². The van der Waals surface area contributed by atoms with E-state index >= 15 is 0 Å². The molecule has 2 aromatic rings. The molecule has 0 spiro atoms. The molecule has 2 rings (SSSR count). The first-order chi connectivity index (χ1) is 9.19.